The van der Waals surface area contributed by atoms with E-state index in [1.54, 1.807) is 0 Å². The SMILES string of the molecule is CCc1cccc(OCC(C)(CO)NC(C)C)c1. The highest BCUT2D eigenvalue weighted by molar-refractivity contribution is 5.28. The summed E-state index contributed by atoms with van der Waals surface area (Å²) in [5.41, 5.74) is 0.853. The van der Waals surface area contributed by atoms with Crippen LogP contribution in [0.3, 0.4) is 0 Å². The van der Waals surface area contributed by atoms with Gasteiger partial charge in [0, 0.05) is 6.04 Å². The van der Waals surface area contributed by atoms with Crippen molar-refractivity contribution in [1.29, 1.82) is 0 Å². The minimum atomic E-state index is -0.406. The molecule has 3 heteroatoms. The zero-order valence-corrected chi connectivity index (χ0v) is 11.9. The van der Waals surface area contributed by atoms with Gasteiger partial charge in [0.15, 0.2) is 0 Å². The van der Waals surface area contributed by atoms with Crippen LogP contribution >= 0.6 is 0 Å². The Labute approximate surface area is 110 Å². The minimum absolute atomic E-state index is 0.0542. The average molecular weight is 251 g/mol. The summed E-state index contributed by atoms with van der Waals surface area (Å²) in [6.45, 7) is 8.72. The molecule has 0 aliphatic heterocycles. The molecule has 1 aromatic rings. The van der Waals surface area contributed by atoms with Crippen LogP contribution in [0.1, 0.15) is 33.3 Å². The standard InChI is InChI=1S/C15H25NO2/c1-5-13-7-6-8-14(9-13)18-11-15(4,10-17)16-12(2)3/h6-9,12,16-17H,5,10-11H2,1-4H3. The minimum Gasteiger partial charge on any atom is -0.492 e. The van der Waals surface area contributed by atoms with E-state index < -0.39 is 5.54 Å². The molecule has 0 heterocycles. The quantitative estimate of drug-likeness (QED) is 0.782. The second-order valence-electron chi connectivity index (χ2n) is 5.31. The Bertz CT molecular complexity index is 365. The van der Waals surface area contributed by atoms with Gasteiger partial charge in [0.2, 0.25) is 0 Å². The lowest BCUT2D eigenvalue weighted by molar-refractivity contribution is 0.109. The molecular formula is C15H25NO2. The average Bonchev–Trinajstić information content (AvgIpc) is 2.36. The van der Waals surface area contributed by atoms with Crippen molar-refractivity contribution in [3.05, 3.63) is 29.8 Å². The highest BCUT2D eigenvalue weighted by Gasteiger charge is 2.24. The first-order chi connectivity index (χ1) is 8.49. The van der Waals surface area contributed by atoms with Crippen molar-refractivity contribution >= 4 is 0 Å². The fraction of sp³-hybridized carbons (Fsp3) is 0.600. The van der Waals surface area contributed by atoms with Crippen LogP contribution in [-0.2, 0) is 6.42 Å². The monoisotopic (exact) mass is 251 g/mol. The number of nitrogens with one attached hydrogen (secondary N) is 1. The number of benzene rings is 1. The van der Waals surface area contributed by atoms with Crippen LogP contribution in [0.4, 0.5) is 0 Å². The summed E-state index contributed by atoms with van der Waals surface area (Å²) in [5.74, 6) is 0.861. The Morgan fingerprint density at radius 1 is 1.39 bits per heavy atom. The van der Waals surface area contributed by atoms with Crippen molar-refractivity contribution in [2.75, 3.05) is 13.2 Å². The van der Waals surface area contributed by atoms with Crippen molar-refractivity contribution in [3.8, 4) is 5.75 Å². The molecule has 0 amide bonds. The van der Waals surface area contributed by atoms with Crippen LogP contribution in [0.5, 0.6) is 5.75 Å². The van der Waals surface area contributed by atoms with E-state index in [0.717, 1.165) is 12.2 Å². The molecule has 2 N–H and O–H groups in total. The molecule has 0 aromatic heterocycles. The number of aliphatic hydroxyl groups excluding tert-OH is 1. The third-order valence-corrected chi connectivity index (χ3v) is 2.85. The van der Waals surface area contributed by atoms with E-state index in [1.807, 2.05) is 25.1 Å². The summed E-state index contributed by atoms with van der Waals surface area (Å²) in [5, 5.41) is 12.8. The summed E-state index contributed by atoms with van der Waals surface area (Å²) in [4.78, 5) is 0. The van der Waals surface area contributed by atoms with Crippen LogP contribution in [0, 0.1) is 0 Å². The van der Waals surface area contributed by atoms with Crippen molar-refractivity contribution in [1.82, 2.24) is 5.32 Å². The Kier molecular flexibility index (Phi) is 5.63. The fourth-order valence-electron chi connectivity index (χ4n) is 1.93. The van der Waals surface area contributed by atoms with Gasteiger partial charge in [0.05, 0.1) is 12.1 Å². The molecule has 0 saturated carbocycles. The Morgan fingerprint density at radius 3 is 2.67 bits per heavy atom. The van der Waals surface area contributed by atoms with Gasteiger partial charge in [-0.25, -0.2) is 0 Å². The first-order valence-corrected chi connectivity index (χ1v) is 6.59. The van der Waals surface area contributed by atoms with Crippen LogP contribution in [0.15, 0.2) is 24.3 Å². The normalized spacial score (nSPS) is 14.6. The number of hydrogen-bond acceptors (Lipinski definition) is 3. The largest absolute Gasteiger partial charge is 0.492 e. The molecule has 18 heavy (non-hydrogen) atoms. The van der Waals surface area contributed by atoms with E-state index in [2.05, 4.69) is 32.2 Å². The molecule has 0 radical (unpaired) electrons. The molecule has 0 aliphatic rings. The van der Waals surface area contributed by atoms with Gasteiger partial charge in [-0.2, -0.15) is 0 Å². The molecule has 0 saturated heterocycles. The molecule has 1 aromatic carbocycles. The number of hydrogen-bond donors (Lipinski definition) is 2. The summed E-state index contributed by atoms with van der Waals surface area (Å²) in [7, 11) is 0. The Balaban J connectivity index is 2.61. The van der Waals surface area contributed by atoms with Crippen molar-refractivity contribution in [3.63, 3.8) is 0 Å². The van der Waals surface area contributed by atoms with Crippen LogP contribution in [0.2, 0.25) is 0 Å². The van der Waals surface area contributed by atoms with Gasteiger partial charge in [-0.3, -0.25) is 0 Å². The third kappa shape index (κ3) is 4.67. The molecular weight excluding hydrogens is 226 g/mol. The summed E-state index contributed by atoms with van der Waals surface area (Å²) in [6, 6.07) is 8.40. The zero-order chi connectivity index (χ0) is 13.6. The van der Waals surface area contributed by atoms with Crippen molar-refractivity contribution < 1.29 is 9.84 Å². The molecule has 1 rings (SSSR count). The van der Waals surface area contributed by atoms with Gasteiger partial charge >= 0.3 is 0 Å². The zero-order valence-electron chi connectivity index (χ0n) is 11.9. The number of rotatable bonds is 7. The van der Waals surface area contributed by atoms with Gasteiger partial charge < -0.3 is 15.2 Å². The Hall–Kier alpha value is -1.06. The van der Waals surface area contributed by atoms with E-state index in [0.29, 0.717) is 12.6 Å². The van der Waals surface area contributed by atoms with Crippen molar-refractivity contribution in [2.45, 2.75) is 45.7 Å². The van der Waals surface area contributed by atoms with Crippen molar-refractivity contribution in [2.24, 2.45) is 0 Å². The molecule has 102 valence electrons. The molecule has 0 fully saturated rings. The van der Waals surface area contributed by atoms with E-state index in [4.69, 9.17) is 4.74 Å². The summed E-state index contributed by atoms with van der Waals surface area (Å²) >= 11 is 0. The molecule has 1 unspecified atom stereocenters. The first-order valence-electron chi connectivity index (χ1n) is 6.59. The van der Waals surface area contributed by atoms with Gasteiger partial charge in [0.25, 0.3) is 0 Å². The highest BCUT2D eigenvalue weighted by atomic mass is 16.5. The molecule has 0 aliphatic carbocycles. The molecule has 3 nitrogen and oxygen atoms in total. The first kappa shape index (κ1) is 15.0. The lowest BCUT2D eigenvalue weighted by Crippen LogP contribution is -2.53. The van der Waals surface area contributed by atoms with E-state index in [9.17, 15) is 5.11 Å². The maximum atomic E-state index is 9.47. The smallest absolute Gasteiger partial charge is 0.119 e. The maximum absolute atomic E-state index is 9.47. The number of aliphatic hydroxyl groups is 1. The fourth-order valence-corrected chi connectivity index (χ4v) is 1.93. The molecule has 1 atom stereocenters. The van der Waals surface area contributed by atoms with Gasteiger partial charge in [-0.05, 0) is 31.0 Å². The molecule has 0 spiro atoms. The molecule has 0 bridgehead atoms. The predicted octanol–water partition coefficient (Wildman–Crippen LogP) is 2.38. The van der Waals surface area contributed by atoms with Crippen LogP contribution in [-0.4, -0.2) is 29.9 Å². The maximum Gasteiger partial charge on any atom is 0.119 e. The lowest BCUT2D eigenvalue weighted by Gasteiger charge is -2.30. The second-order valence-corrected chi connectivity index (χ2v) is 5.31. The second kappa shape index (κ2) is 6.76. The van der Waals surface area contributed by atoms with E-state index in [-0.39, 0.29) is 6.61 Å². The Morgan fingerprint density at radius 2 is 2.11 bits per heavy atom. The van der Waals surface area contributed by atoms with Crippen LogP contribution < -0.4 is 10.1 Å². The topological polar surface area (TPSA) is 41.5 Å². The van der Waals surface area contributed by atoms with E-state index >= 15 is 0 Å². The summed E-state index contributed by atoms with van der Waals surface area (Å²) < 4.78 is 5.78. The van der Waals surface area contributed by atoms with Crippen LogP contribution in [0.25, 0.3) is 0 Å². The summed E-state index contributed by atoms with van der Waals surface area (Å²) in [6.07, 6.45) is 0.999. The lowest BCUT2D eigenvalue weighted by atomic mass is 10.0. The predicted molar refractivity (Wildman–Crippen MR) is 75.1 cm³/mol. The highest BCUT2D eigenvalue weighted by Crippen LogP contribution is 2.16. The van der Waals surface area contributed by atoms with Gasteiger partial charge in [-0.15, -0.1) is 0 Å². The van der Waals surface area contributed by atoms with Gasteiger partial charge in [0.1, 0.15) is 12.4 Å². The number of ether oxygens (including phenoxy) is 1. The van der Waals surface area contributed by atoms with E-state index in [1.165, 1.54) is 5.56 Å². The third-order valence-electron chi connectivity index (χ3n) is 2.85. The van der Waals surface area contributed by atoms with Gasteiger partial charge in [-0.1, -0.05) is 32.9 Å². The number of aryl methyl sites for hydroxylation is 1.